The number of likely N-dealkylation sites (N-methyl/N-ethyl adjacent to an activating group) is 1. The number of rotatable bonds is 7. The van der Waals surface area contributed by atoms with Crippen molar-refractivity contribution >= 4 is 23.4 Å². The number of hydrogen-bond acceptors (Lipinski definition) is 7. The van der Waals surface area contributed by atoms with E-state index in [9.17, 15) is 4.79 Å². The number of ether oxygens (including phenoxy) is 1. The van der Waals surface area contributed by atoms with Crippen LogP contribution in [0.15, 0.2) is 30.5 Å². The van der Waals surface area contributed by atoms with Crippen molar-refractivity contribution in [1.29, 1.82) is 0 Å². The second-order valence-electron chi connectivity index (χ2n) is 9.44. The molecular weight excluding hydrogens is 404 g/mol. The van der Waals surface area contributed by atoms with E-state index in [1.807, 2.05) is 6.07 Å². The predicted octanol–water partition coefficient (Wildman–Crippen LogP) is 2.74. The van der Waals surface area contributed by atoms with Gasteiger partial charge in [0, 0.05) is 30.9 Å². The molecule has 1 aliphatic carbocycles. The SMILES string of the molecule is CCNC1OC1c1ccc(Nc2nccc(N3CC4CC(C3)N4C(=O)C3CC3)n2)cc1C. The molecule has 4 saturated heterocycles. The summed E-state index contributed by atoms with van der Waals surface area (Å²) in [6.45, 7) is 6.81. The molecule has 1 aromatic heterocycles. The van der Waals surface area contributed by atoms with E-state index in [1.165, 1.54) is 11.1 Å². The van der Waals surface area contributed by atoms with Crippen LogP contribution in [-0.2, 0) is 9.53 Å². The fraction of sp³-hybridized carbons (Fsp3) is 0.542. The Hall–Kier alpha value is -2.71. The molecule has 1 saturated carbocycles. The maximum absolute atomic E-state index is 12.5. The highest BCUT2D eigenvalue weighted by Gasteiger charge is 2.50. The fourth-order valence-corrected chi connectivity index (χ4v) is 5.19. The van der Waals surface area contributed by atoms with Gasteiger partial charge in [0.1, 0.15) is 18.1 Å². The molecule has 0 radical (unpaired) electrons. The summed E-state index contributed by atoms with van der Waals surface area (Å²) in [5.41, 5.74) is 3.37. The summed E-state index contributed by atoms with van der Waals surface area (Å²) in [5.74, 6) is 2.19. The third-order valence-corrected chi connectivity index (χ3v) is 7.07. The summed E-state index contributed by atoms with van der Waals surface area (Å²) < 4.78 is 5.73. The number of nitrogens with one attached hydrogen (secondary N) is 2. The zero-order valence-corrected chi connectivity index (χ0v) is 18.6. The zero-order chi connectivity index (χ0) is 21.8. The molecule has 4 aliphatic heterocycles. The number of aryl methyl sites for hydroxylation is 1. The number of carbonyl (C=O) groups excluding carboxylic acids is 1. The molecule has 8 nitrogen and oxygen atoms in total. The molecule has 1 amide bonds. The van der Waals surface area contributed by atoms with Crippen molar-refractivity contribution < 1.29 is 9.53 Å². The minimum atomic E-state index is 0.128. The number of nitrogens with zero attached hydrogens (tertiary/aromatic N) is 4. The Morgan fingerprint density at radius 2 is 2.03 bits per heavy atom. The Labute approximate surface area is 188 Å². The van der Waals surface area contributed by atoms with Gasteiger partial charge in [0.2, 0.25) is 11.9 Å². The van der Waals surface area contributed by atoms with Crippen LogP contribution in [0.2, 0.25) is 0 Å². The molecule has 5 fully saturated rings. The zero-order valence-electron chi connectivity index (χ0n) is 18.6. The van der Waals surface area contributed by atoms with Crippen LogP contribution in [0.5, 0.6) is 0 Å². The topological polar surface area (TPSA) is 85.9 Å². The van der Waals surface area contributed by atoms with Crippen molar-refractivity contribution in [2.24, 2.45) is 5.92 Å². The number of anilines is 3. The van der Waals surface area contributed by atoms with Crippen LogP contribution in [0.1, 0.15) is 43.4 Å². The highest BCUT2D eigenvalue weighted by molar-refractivity contribution is 5.83. The number of fused-ring (bicyclic) bond motifs is 2. The normalized spacial score (nSPS) is 28.3. The smallest absolute Gasteiger partial charge is 0.229 e. The van der Waals surface area contributed by atoms with Crippen LogP contribution in [0.3, 0.4) is 0 Å². The summed E-state index contributed by atoms with van der Waals surface area (Å²) >= 11 is 0. The molecule has 5 heterocycles. The largest absolute Gasteiger partial charge is 0.352 e. The minimum Gasteiger partial charge on any atom is -0.352 e. The summed E-state index contributed by atoms with van der Waals surface area (Å²) in [6.07, 6.45) is 5.34. The van der Waals surface area contributed by atoms with Gasteiger partial charge in [-0.1, -0.05) is 13.0 Å². The molecule has 4 atom stereocenters. The van der Waals surface area contributed by atoms with E-state index in [2.05, 4.69) is 57.5 Å². The molecule has 2 aromatic rings. The lowest BCUT2D eigenvalue weighted by Gasteiger charge is -2.56. The molecule has 5 aliphatic rings. The van der Waals surface area contributed by atoms with Crippen molar-refractivity contribution in [1.82, 2.24) is 20.2 Å². The number of epoxide rings is 1. The number of piperidine rings is 1. The van der Waals surface area contributed by atoms with Gasteiger partial charge in [-0.05, 0) is 62.1 Å². The van der Waals surface area contributed by atoms with Crippen LogP contribution < -0.4 is 15.5 Å². The van der Waals surface area contributed by atoms with Gasteiger partial charge < -0.3 is 19.9 Å². The summed E-state index contributed by atoms with van der Waals surface area (Å²) in [4.78, 5) is 26.1. The number of hydrogen-bond donors (Lipinski definition) is 2. The van der Waals surface area contributed by atoms with E-state index in [1.54, 1.807) is 6.20 Å². The van der Waals surface area contributed by atoms with E-state index < -0.39 is 0 Å². The molecule has 1 aromatic carbocycles. The van der Waals surface area contributed by atoms with Gasteiger partial charge in [-0.2, -0.15) is 4.98 Å². The number of aromatic nitrogens is 2. The van der Waals surface area contributed by atoms with Crippen molar-refractivity contribution in [2.75, 3.05) is 29.9 Å². The van der Waals surface area contributed by atoms with Crippen LogP contribution in [0, 0.1) is 12.8 Å². The monoisotopic (exact) mass is 434 g/mol. The van der Waals surface area contributed by atoms with Gasteiger partial charge in [0.05, 0.1) is 12.1 Å². The standard InChI is InChI=1S/C24H30N6O2/c1-3-25-22-21(32-22)19-7-6-16(10-14(19)2)27-24-26-9-8-20(28-24)29-12-17-11-18(13-29)30(17)23(31)15-4-5-15/h6-10,15,17-18,21-22,25H,3-5,11-13H2,1-2H3,(H,26,27,28). The predicted molar refractivity (Wildman–Crippen MR) is 122 cm³/mol. The summed E-state index contributed by atoms with van der Waals surface area (Å²) in [6, 6.07) is 8.92. The van der Waals surface area contributed by atoms with Crippen LogP contribution >= 0.6 is 0 Å². The van der Waals surface area contributed by atoms with Crippen LogP contribution in [0.4, 0.5) is 17.5 Å². The quantitative estimate of drug-likeness (QED) is 0.648. The van der Waals surface area contributed by atoms with E-state index in [0.717, 1.165) is 50.4 Å². The molecular formula is C24H30N6O2. The highest BCUT2D eigenvalue weighted by Crippen LogP contribution is 2.41. The first-order chi connectivity index (χ1) is 15.6. The second-order valence-corrected chi connectivity index (χ2v) is 9.44. The lowest BCUT2D eigenvalue weighted by molar-refractivity contribution is -0.147. The molecule has 2 bridgehead atoms. The van der Waals surface area contributed by atoms with Gasteiger partial charge in [-0.25, -0.2) is 4.98 Å². The van der Waals surface area contributed by atoms with E-state index in [-0.39, 0.29) is 12.3 Å². The van der Waals surface area contributed by atoms with E-state index in [0.29, 0.717) is 29.9 Å². The molecule has 7 rings (SSSR count). The highest BCUT2D eigenvalue weighted by atomic mass is 16.6. The lowest BCUT2D eigenvalue weighted by Crippen LogP contribution is -2.70. The maximum atomic E-state index is 12.5. The lowest BCUT2D eigenvalue weighted by atomic mass is 9.86. The van der Waals surface area contributed by atoms with Gasteiger partial charge in [0.15, 0.2) is 0 Å². The van der Waals surface area contributed by atoms with Crippen LogP contribution in [0.25, 0.3) is 0 Å². The van der Waals surface area contributed by atoms with E-state index >= 15 is 0 Å². The van der Waals surface area contributed by atoms with Crippen molar-refractivity contribution in [3.8, 4) is 0 Å². The van der Waals surface area contributed by atoms with Crippen molar-refractivity contribution in [3.63, 3.8) is 0 Å². The molecule has 8 heteroatoms. The number of piperazine rings is 1. The Bertz CT molecular complexity index is 1030. The molecule has 0 spiro atoms. The van der Waals surface area contributed by atoms with Crippen LogP contribution in [-0.4, -0.2) is 58.7 Å². The van der Waals surface area contributed by atoms with Gasteiger partial charge >= 0.3 is 0 Å². The average Bonchev–Trinajstić information content (AvgIpc) is 3.70. The van der Waals surface area contributed by atoms with E-state index in [4.69, 9.17) is 9.72 Å². The summed E-state index contributed by atoms with van der Waals surface area (Å²) in [7, 11) is 0. The molecule has 168 valence electrons. The third-order valence-electron chi connectivity index (χ3n) is 7.07. The number of amides is 1. The molecule has 4 unspecified atom stereocenters. The maximum Gasteiger partial charge on any atom is 0.229 e. The average molecular weight is 435 g/mol. The fourth-order valence-electron chi connectivity index (χ4n) is 5.19. The first-order valence-corrected chi connectivity index (χ1v) is 11.8. The van der Waals surface area contributed by atoms with Crippen molar-refractivity contribution in [2.45, 2.75) is 57.5 Å². The second kappa shape index (κ2) is 7.71. The van der Waals surface area contributed by atoms with Gasteiger partial charge in [-0.15, -0.1) is 0 Å². The van der Waals surface area contributed by atoms with Gasteiger partial charge in [-0.3, -0.25) is 10.1 Å². The van der Waals surface area contributed by atoms with Crippen molar-refractivity contribution in [3.05, 3.63) is 41.6 Å². The Morgan fingerprint density at radius 1 is 1.22 bits per heavy atom. The first-order valence-electron chi connectivity index (χ1n) is 11.8. The summed E-state index contributed by atoms with van der Waals surface area (Å²) in [5, 5.41) is 6.68. The number of benzene rings is 1. The number of carbonyl (C=O) groups is 1. The van der Waals surface area contributed by atoms with Gasteiger partial charge in [0.25, 0.3) is 0 Å². The minimum absolute atomic E-state index is 0.128. The first kappa shape index (κ1) is 19.9. The Morgan fingerprint density at radius 3 is 2.75 bits per heavy atom. The Balaban J connectivity index is 1.11. The Kier molecular flexibility index (Phi) is 4.80. The molecule has 32 heavy (non-hydrogen) atoms. The third kappa shape index (κ3) is 3.61. The molecule has 2 N–H and O–H groups in total.